The molecule has 0 spiro atoms. The van der Waals surface area contributed by atoms with E-state index in [0.29, 0.717) is 0 Å². The van der Waals surface area contributed by atoms with Crippen LogP contribution in [0, 0.1) is 5.92 Å². The third-order valence-corrected chi connectivity index (χ3v) is 3.56. The molecule has 1 amide bonds. The molecule has 0 radical (unpaired) electrons. The lowest BCUT2D eigenvalue weighted by Gasteiger charge is -2.16. The molecule has 114 valence electrons. The monoisotopic (exact) mass is 295 g/mol. The van der Waals surface area contributed by atoms with Gasteiger partial charge in [0.25, 0.3) is 0 Å². The Balaban J connectivity index is 2.21. The van der Waals surface area contributed by atoms with Crippen LogP contribution in [0.3, 0.4) is 0 Å². The zero-order valence-electron chi connectivity index (χ0n) is 12.9. The summed E-state index contributed by atoms with van der Waals surface area (Å²) in [6, 6.07) is 7.68. The van der Waals surface area contributed by atoms with E-state index < -0.39 is 0 Å². The number of carbonyl (C=O) groups is 1. The lowest BCUT2D eigenvalue weighted by Crippen LogP contribution is -2.30. The number of nitrogens with zero attached hydrogens (tertiary/aromatic N) is 1. The third-order valence-electron chi connectivity index (χ3n) is 3.56. The molecule has 2 rings (SSSR count). The zero-order valence-corrected chi connectivity index (χ0v) is 12.9. The van der Waals surface area contributed by atoms with Crippen LogP contribution in [-0.2, 0) is 4.79 Å². The van der Waals surface area contributed by atoms with Gasteiger partial charge in [-0.25, -0.2) is 0 Å². The molecule has 1 aromatic heterocycles. The number of benzene rings is 1. The van der Waals surface area contributed by atoms with Gasteiger partial charge in [0.2, 0.25) is 5.91 Å². The standard InChI is InChI=1S/C18H21N3O/c1-3-5-13(4-2)17(11-19)18(22)21-16-7-6-15-12-20-9-8-14(15)10-16/h3-10,12,17H,11,19H2,1-2H3,(H,21,22)/b5-3-,13-4+/t17-/m1/s1. The number of pyridine rings is 1. The van der Waals surface area contributed by atoms with E-state index in [0.717, 1.165) is 22.0 Å². The Hall–Kier alpha value is -2.46. The van der Waals surface area contributed by atoms with Gasteiger partial charge in [0, 0.05) is 30.0 Å². The maximum absolute atomic E-state index is 12.5. The van der Waals surface area contributed by atoms with Crippen LogP contribution in [0.4, 0.5) is 5.69 Å². The highest BCUT2D eigenvalue weighted by molar-refractivity contribution is 5.97. The molecule has 0 aliphatic carbocycles. The summed E-state index contributed by atoms with van der Waals surface area (Å²) < 4.78 is 0. The van der Waals surface area contributed by atoms with Gasteiger partial charge in [-0.05, 0) is 43.0 Å². The number of hydrogen-bond acceptors (Lipinski definition) is 3. The topological polar surface area (TPSA) is 68.0 Å². The Kier molecular flexibility index (Phi) is 5.44. The number of fused-ring (bicyclic) bond motifs is 1. The van der Waals surface area contributed by atoms with Gasteiger partial charge in [-0.2, -0.15) is 0 Å². The first-order valence-electron chi connectivity index (χ1n) is 7.33. The first-order chi connectivity index (χ1) is 10.7. The Morgan fingerprint density at radius 1 is 1.32 bits per heavy atom. The number of allylic oxidation sites excluding steroid dienone is 3. The van der Waals surface area contributed by atoms with Crippen molar-refractivity contribution >= 4 is 22.4 Å². The minimum atomic E-state index is -0.352. The largest absolute Gasteiger partial charge is 0.329 e. The van der Waals surface area contributed by atoms with Gasteiger partial charge >= 0.3 is 0 Å². The van der Waals surface area contributed by atoms with Crippen molar-refractivity contribution in [3.05, 3.63) is 60.5 Å². The van der Waals surface area contributed by atoms with Crippen molar-refractivity contribution in [2.75, 3.05) is 11.9 Å². The van der Waals surface area contributed by atoms with E-state index in [1.165, 1.54) is 0 Å². The number of amides is 1. The molecule has 1 aromatic carbocycles. The van der Waals surface area contributed by atoms with Crippen molar-refractivity contribution in [3.63, 3.8) is 0 Å². The maximum Gasteiger partial charge on any atom is 0.233 e. The molecule has 0 unspecified atom stereocenters. The fourth-order valence-electron chi connectivity index (χ4n) is 2.39. The van der Waals surface area contributed by atoms with Gasteiger partial charge in [-0.15, -0.1) is 0 Å². The molecule has 0 aliphatic heterocycles. The first-order valence-corrected chi connectivity index (χ1v) is 7.33. The molecule has 1 heterocycles. The van der Waals surface area contributed by atoms with Crippen molar-refractivity contribution < 1.29 is 4.79 Å². The number of hydrogen-bond donors (Lipinski definition) is 2. The second-order valence-electron chi connectivity index (χ2n) is 5.00. The third kappa shape index (κ3) is 3.59. The van der Waals surface area contributed by atoms with Gasteiger partial charge in [0.1, 0.15) is 0 Å². The average Bonchev–Trinajstić information content (AvgIpc) is 2.54. The van der Waals surface area contributed by atoms with Crippen LogP contribution in [0.2, 0.25) is 0 Å². The summed E-state index contributed by atoms with van der Waals surface area (Å²) in [7, 11) is 0. The van der Waals surface area contributed by atoms with Gasteiger partial charge in [0.15, 0.2) is 0 Å². The Bertz CT molecular complexity index is 719. The fraction of sp³-hybridized carbons (Fsp3) is 0.222. The van der Waals surface area contributed by atoms with E-state index in [2.05, 4.69) is 10.3 Å². The number of carbonyl (C=O) groups excluding carboxylic acids is 1. The molecular formula is C18H21N3O. The summed E-state index contributed by atoms with van der Waals surface area (Å²) in [5, 5.41) is 5.02. The molecule has 1 atom stereocenters. The van der Waals surface area contributed by atoms with E-state index in [9.17, 15) is 4.79 Å². The highest BCUT2D eigenvalue weighted by Gasteiger charge is 2.19. The number of nitrogens with one attached hydrogen (secondary N) is 1. The quantitative estimate of drug-likeness (QED) is 0.832. The van der Waals surface area contributed by atoms with E-state index in [1.807, 2.05) is 56.3 Å². The molecule has 3 N–H and O–H groups in total. The highest BCUT2D eigenvalue weighted by Crippen LogP contribution is 2.20. The first kappa shape index (κ1) is 15.9. The Morgan fingerprint density at radius 2 is 2.14 bits per heavy atom. The van der Waals surface area contributed by atoms with Gasteiger partial charge in [0.05, 0.1) is 5.92 Å². The van der Waals surface area contributed by atoms with Crippen LogP contribution in [-0.4, -0.2) is 17.4 Å². The molecule has 4 heteroatoms. The zero-order chi connectivity index (χ0) is 15.9. The van der Waals surface area contributed by atoms with Gasteiger partial charge in [-0.1, -0.05) is 24.3 Å². The Labute approximate surface area is 130 Å². The highest BCUT2D eigenvalue weighted by atomic mass is 16.1. The molecule has 22 heavy (non-hydrogen) atoms. The van der Waals surface area contributed by atoms with Crippen molar-refractivity contribution in [1.82, 2.24) is 4.98 Å². The van der Waals surface area contributed by atoms with Crippen LogP contribution in [0.15, 0.2) is 60.5 Å². The van der Waals surface area contributed by atoms with Gasteiger partial charge < -0.3 is 11.1 Å². The molecular weight excluding hydrogens is 274 g/mol. The molecule has 0 fully saturated rings. The lowest BCUT2D eigenvalue weighted by atomic mass is 9.97. The minimum Gasteiger partial charge on any atom is -0.329 e. The van der Waals surface area contributed by atoms with E-state index in [4.69, 9.17) is 5.73 Å². The summed E-state index contributed by atoms with van der Waals surface area (Å²) >= 11 is 0. The summed E-state index contributed by atoms with van der Waals surface area (Å²) in [6.45, 7) is 4.11. The minimum absolute atomic E-state index is 0.0953. The van der Waals surface area contributed by atoms with Crippen LogP contribution < -0.4 is 11.1 Å². The maximum atomic E-state index is 12.5. The fourth-order valence-corrected chi connectivity index (χ4v) is 2.39. The average molecular weight is 295 g/mol. The lowest BCUT2D eigenvalue weighted by molar-refractivity contribution is -0.118. The smallest absolute Gasteiger partial charge is 0.233 e. The molecule has 2 aromatic rings. The van der Waals surface area contributed by atoms with Crippen LogP contribution >= 0.6 is 0 Å². The van der Waals surface area contributed by atoms with Crippen molar-refractivity contribution in [2.24, 2.45) is 11.7 Å². The van der Waals surface area contributed by atoms with Crippen molar-refractivity contribution in [3.8, 4) is 0 Å². The normalized spacial score (nSPS) is 13.5. The predicted octanol–water partition coefficient (Wildman–Crippen LogP) is 3.27. The van der Waals surface area contributed by atoms with E-state index >= 15 is 0 Å². The number of nitrogens with two attached hydrogens (primary N) is 1. The summed E-state index contributed by atoms with van der Waals surface area (Å²) in [4.78, 5) is 16.6. The van der Waals surface area contributed by atoms with E-state index in [1.54, 1.807) is 12.4 Å². The van der Waals surface area contributed by atoms with Gasteiger partial charge in [-0.3, -0.25) is 9.78 Å². The van der Waals surface area contributed by atoms with E-state index in [-0.39, 0.29) is 18.4 Å². The number of aromatic nitrogens is 1. The predicted molar refractivity (Wildman–Crippen MR) is 91.5 cm³/mol. The van der Waals surface area contributed by atoms with Crippen LogP contribution in [0.1, 0.15) is 13.8 Å². The van der Waals surface area contributed by atoms with Crippen LogP contribution in [0.25, 0.3) is 10.8 Å². The number of rotatable bonds is 5. The summed E-state index contributed by atoms with van der Waals surface area (Å²) in [5.74, 6) is -0.448. The molecule has 0 aliphatic rings. The second kappa shape index (κ2) is 7.52. The Morgan fingerprint density at radius 3 is 2.82 bits per heavy atom. The second-order valence-corrected chi connectivity index (χ2v) is 5.00. The number of anilines is 1. The summed E-state index contributed by atoms with van der Waals surface area (Å²) in [6.07, 6.45) is 9.29. The summed E-state index contributed by atoms with van der Waals surface area (Å²) in [5.41, 5.74) is 7.47. The molecule has 0 saturated carbocycles. The molecule has 0 bridgehead atoms. The van der Waals surface area contributed by atoms with Crippen molar-refractivity contribution in [1.29, 1.82) is 0 Å². The molecule has 0 saturated heterocycles. The molecule has 4 nitrogen and oxygen atoms in total. The SMILES string of the molecule is C/C=C\C(=C/C)[C@@H](CN)C(=O)Nc1ccc2cnccc2c1. The van der Waals surface area contributed by atoms with Crippen molar-refractivity contribution in [2.45, 2.75) is 13.8 Å². The van der Waals surface area contributed by atoms with Crippen LogP contribution in [0.5, 0.6) is 0 Å².